The molecule has 5 nitrogen and oxygen atoms in total. The first kappa shape index (κ1) is 16.1. The molecular formula is C21H19N3O2. The van der Waals surface area contributed by atoms with Crippen LogP contribution < -0.4 is 15.1 Å². The van der Waals surface area contributed by atoms with Crippen LogP contribution in [0.25, 0.3) is 0 Å². The average Bonchev–Trinajstić information content (AvgIpc) is 2.89. The molecule has 2 aromatic carbocycles. The van der Waals surface area contributed by atoms with E-state index in [0.717, 1.165) is 5.69 Å². The molecule has 0 radical (unpaired) electrons. The summed E-state index contributed by atoms with van der Waals surface area (Å²) in [5, 5.41) is 2.98. The minimum absolute atomic E-state index is 0.153. The summed E-state index contributed by atoms with van der Waals surface area (Å²) in [5.74, 6) is -1.74. The monoisotopic (exact) mass is 345 g/mol. The summed E-state index contributed by atoms with van der Waals surface area (Å²) in [6.45, 7) is 8.50. The zero-order valence-electron chi connectivity index (χ0n) is 14.3. The van der Waals surface area contributed by atoms with Crippen LogP contribution in [0, 0.1) is 0 Å². The normalized spacial score (nSPS) is 20.6. The van der Waals surface area contributed by atoms with Crippen LogP contribution in [0.1, 0.15) is 20.7 Å². The number of anilines is 2. The SMILES string of the molecule is C=CCN1c2ccccc2C(=O)NC12C(=O)c1ccccc1N2CC=C. The fourth-order valence-corrected chi connectivity index (χ4v) is 3.87. The van der Waals surface area contributed by atoms with E-state index in [1.54, 1.807) is 24.3 Å². The van der Waals surface area contributed by atoms with Crippen molar-refractivity contribution in [1.29, 1.82) is 0 Å². The third-order valence-corrected chi connectivity index (χ3v) is 4.89. The van der Waals surface area contributed by atoms with Crippen molar-refractivity contribution in [1.82, 2.24) is 5.32 Å². The molecule has 2 aliphatic rings. The van der Waals surface area contributed by atoms with E-state index in [4.69, 9.17) is 0 Å². The van der Waals surface area contributed by atoms with Gasteiger partial charge in [0.25, 0.3) is 11.7 Å². The summed E-state index contributed by atoms with van der Waals surface area (Å²) in [6, 6.07) is 14.7. The number of ketones is 1. The molecule has 1 atom stereocenters. The van der Waals surface area contributed by atoms with E-state index >= 15 is 0 Å². The van der Waals surface area contributed by atoms with Crippen molar-refractivity contribution in [2.24, 2.45) is 0 Å². The zero-order chi connectivity index (χ0) is 18.3. The van der Waals surface area contributed by atoms with Gasteiger partial charge in [-0.3, -0.25) is 9.59 Å². The van der Waals surface area contributed by atoms with Gasteiger partial charge < -0.3 is 15.1 Å². The number of nitrogens with zero attached hydrogens (tertiary/aromatic N) is 2. The minimum atomic E-state index is -1.32. The smallest absolute Gasteiger partial charge is 0.259 e. The molecule has 0 fully saturated rings. The van der Waals surface area contributed by atoms with E-state index in [0.29, 0.717) is 29.9 Å². The molecule has 2 aromatic rings. The summed E-state index contributed by atoms with van der Waals surface area (Å²) in [4.78, 5) is 30.2. The van der Waals surface area contributed by atoms with Crippen molar-refractivity contribution in [2.75, 3.05) is 22.9 Å². The van der Waals surface area contributed by atoms with Crippen LogP contribution in [-0.4, -0.2) is 30.6 Å². The van der Waals surface area contributed by atoms with Crippen molar-refractivity contribution in [2.45, 2.75) is 5.79 Å². The van der Waals surface area contributed by atoms with Crippen LogP contribution in [0.3, 0.4) is 0 Å². The average molecular weight is 345 g/mol. The second-order valence-corrected chi connectivity index (χ2v) is 6.29. The standard InChI is InChI=1S/C21H19N3O2/c1-3-13-23-17-11-7-5-9-15(17)19(25)21(23)22-20(26)16-10-6-8-12-18(16)24(21)14-4-2/h3-12H,1-2,13-14H2,(H,22,26). The lowest BCUT2D eigenvalue weighted by Gasteiger charge is -2.50. The number of benzene rings is 2. The Morgan fingerprint density at radius 2 is 1.35 bits per heavy atom. The Morgan fingerprint density at radius 1 is 0.846 bits per heavy atom. The molecule has 0 saturated carbocycles. The molecule has 0 aliphatic carbocycles. The van der Waals surface area contributed by atoms with E-state index in [1.165, 1.54) is 0 Å². The number of carbonyl (C=O) groups is 2. The van der Waals surface area contributed by atoms with Gasteiger partial charge in [0.2, 0.25) is 5.78 Å². The maximum Gasteiger partial charge on any atom is 0.259 e. The van der Waals surface area contributed by atoms with Gasteiger partial charge in [0.05, 0.1) is 16.9 Å². The predicted octanol–water partition coefficient (Wildman–Crippen LogP) is 2.97. The molecule has 4 rings (SSSR count). The number of rotatable bonds is 4. The van der Waals surface area contributed by atoms with Crippen LogP contribution in [0.4, 0.5) is 11.4 Å². The molecule has 0 saturated heterocycles. The first-order valence-corrected chi connectivity index (χ1v) is 8.47. The summed E-state index contributed by atoms with van der Waals surface area (Å²) in [5.41, 5.74) is 2.63. The molecule has 130 valence electrons. The second kappa shape index (κ2) is 5.88. The highest BCUT2D eigenvalue weighted by molar-refractivity contribution is 6.19. The van der Waals surface area contributed by atoms with Gasteiger partial charge in [-0.25, -0.2) is 0 Å². The van der Waals surface area contributed by atoms with Crippen LogP contribution in [0.2, 0.25) is 0 Å². The molecule has 0 bridgehead atoms. The fourth-order valence-electron chi connectivity index (χ4n) is 3.87. The highest BCUT2D eigenvalue weighted by atomic mass is 16.2. The summed E-state index contributed by atoms with van der Waals surface area (Å²) in [7, 11) is 0. The molecule has 1 amide bonds. The van der Waals surface area contributed by atoms with Gasteiger partial charge in [-0.05, 0) is 24.3 Å². The zero-order valence-corrected chi connectivity index (χ0v) is 14.3. The maximum atomic E-state index is 13.5. The van der Waals surface area contributed by atoms with Crippen LogP contribution in [0.15, 0.2) is 73.8 Å². The summed E-state index contributed by atoms with van der Waals surface area (Å²) >= 11 is 0. The quantitative estimate of drug-likeness (QED) is 0.866. The van der Waals surface area contributed by atoms with Crippen LogP contribution in [0.5, 0.6) is 0 Å². The van der Waals surface area contributed by atoms with Crippen molar-refractivity contribution in [3.05, 3.63) is 85.0 Å². The molecular weight excluding hydrogens is 326 g/mol. The maximum absolute atomic E-state index is 13.5. The Hall–Kier alpha value is -3.34. The first-order valence-electron chi connectivity index (χ1n) is 8.47. The molecule has 5 heteroatoms. The van der Waals surface area contributed by atoms with E-state index < -0.39 is 5.79 Å². The Bertz CT molecular complexity index is 936. The molecule has 2 aliphatic heterocycles. The van der Waals surface area contributed by atoms with Crippen molar-refractivity contribution in [3.8, 4) is 0 Å². The Balaban J connectivity index is 1.99. The number of hydrogen-bond acceptors (Lipinski definition) is 4. The Kier molecular flexibility index (Phi) is 3.65. The van der Waals surface area contributed by atoms with Gasteiger partial charge in [-0.2, -0.15) is 0 Å². The highest BCUT2D eigenvalue weighted by Crippen LogP contribution is 2.44. The Morgan fingerprint density at radius 3 is 1.92 bits per heavy atom. The number of carbonyl (C=O) groups excluding carboxylic acids is 2. The van der Waals surface area contributed by atoms with Gasteiger partial charge in [0, 0.05) is 18.7 Å². The number of Topliss-reactive ketones (excluding diaryl/α,β-unsaturated/α-hetero) is 1. The topological polar surface area (TPSA) is 52.7 Å². The Labute approximate surface area is 152 Å². The molecule has 1 unspecified atom stereocenters. The number of hydrogen-bond donors (Lipinski definition) is 1. The van der Waals surface area contributed by atoms with E-state index in [2.05, 4.69) is 18.5 Å². The fraction of sp³-hybridized carbons (Fsp3) is 0.143. The molecule has 1 spiro atoms. The van der Waals surface area contributed by atoms with Gasteiger partial charge >= 0.3 is 0 Å². The van der Waals surface area contributed by atoms with Crippen molar-refractivity contribution in [3.63, 3.8) is 0 Å². The molecule has 2 heterocycles. The summed E-state index contributed by atoms with van der Waals surface area (Å²) in [6.07, 6.45) is 3.47. The molecule has 26 heavy (non-hydrogen) atoms. The lowest BCUT2D eigenvalue weighted by molar-refractivity contribution is 0.0761. The van der Waals surface area contributed by atoms with Crippen molar-refractivity contribution < 1.29 is 9.59 Å². The number of nitrogens with one attached hydrogen (secondary N) is 1. The van der Waals surface area contributed by atoms with Crippen LogP contribution >= 0.6 is 0 Å². The van der Waals surface area contributed by atoms with Crippen LogP contribution in [-0.2, 0) is 0 Å². The van der Waals surface area contributed by atoms with Crippen molar-refractivity contribution >= 4 is 23.1 Å². The van der Waals surface area contributed by atoms with Gasteiger partial charge in [0.1, 0.15) is 0 Å². The third-order valence-electron chi connectivity index (χ3n) is 4.89. The number of amides is 1. The lowest BCUT2D eigenvalue weighted by atomic mass is 10.00. The largest absolute Gasteiger partial charge is 0.321 e. The summed E-state index contributed by atoms with van der Waals surface area (Å²) < 4.78 is 0. The lowest BCUT2D eigenvalue weighted by Crippen LogP contribution is -2.74. The molecule has 1 N–H and O–H groups in total. The van der Waals surface area contributed by atoms with Gasteiger partial charge in [-0.15, -0.1) is 13.2 Å². The van der Waals surface area contributed by atoms with E-state index in [-0.39, 0.29) is 11.7 Å². The second-order valence-electron chi connectivity index (χ2n) is 6.29. The number of para-hydroxylation sites is 2. The first-order chi connectivity index (χ1) is 12.6. The minimum Gasteiger partial charge on any atom is -0.321 e. The van der Waals surface area contributed by atoms with E-state index in [1.807, 2.05) is 46.2 Å². The van der Waals surface area contributed by atoms with Gasteiger partial charge in [-0.1, -0.05) is 36.4 Å². The van der Waals surface area contributed by atoms with Gasteiger partial charge in [0.15, 0.2) is 0 Å². The molecule has 0 aromatic heterocycles. The third kappa shape index (κ3) is 1.97. The van der Waals surface area contributed by atoms with E-state index in [9.17, 15) is 9.59 Å². The highest BCUT2D eigenvalue weighted by Gasteiger charge is 2.58. The predicted molar refractivity (Wildman–Crippen MR) is 102 cm³/mol. The number of fused-ring (bicyclic) bond motifs is 2.